The normalized spacial score (nSPS) is 12.0. The van der Waals surface area contributed by atoms with Crippen molar-refractivity contribution in [2.24, 2.45) is 0 Å². The largest absolute Gasteiger partial charge is 0.506 e. The number of hydrogen-bond acceptors (Lipinski definition) is 3. The third-order valence-electron chi connectivity index (χ3n) is 2.98. The van der Waals surface area contributed by atoms with Crippen LogP contribution in [0.25, 0.3) is 32.8 Å². The van der Waals surface area contributed by atoms with Gasteiger partial charge in [-0.05, 0) is 11.5 Å². The minimum Gasteiger partial charge on any atom is -0.506 e. The van der Waals surface area contributed by atoms with Gasteiger partial charge in [0.1, 0.15) is 11.3 Å². The zero-order valence-corrected chi connectivity index (χ0v) is 8.23. The SMILES string of the molecule is Oc1cc2ccccc2c2[nH]c3nnc1c32. The molecule has 0 amide bonds. The van der Waals surface area contributed by atoms with Crippen LogP contribution in [0.3, 0.4) is 0 Å². The summed E-state index contributed by atoms with van der Waals surface area (Å²) >= 11 is 0. The van der Waals surface area contributed by atoms with Crippen LogP contribution in [0.5, 0.6) is 5.75 Å². The average molecular weight is 209 g/mol. The molecule has 76 valence electrons. The van der Waals surface area contributed by atoms with Crippen LogP contribution in [0, 0.1) is 0 Å². The van der Waals surface area contributed by atoms with Gasteiger partial charge >= 0.3 is 0 Å². The van der Waals surface area contributed by atoms with Crippen LogP contribution in [0.4, 0.5) is 0 Å². The van der Waals surface area contributed by atoms with Crippen molar-refractivity contribution in [2.75, 3.05) is 0 Å². The summed E-state index contributed by atoms with van der Waals surface area (Å²) in [5, 5.41) is 20.9. The second kappa shape index (κ2) is 2.41. The second-order valence-corrected chi connectivity index (χ2v) is 3.89. The Morgan fingerprint density at radius 3 is 2.94 bits per heavy atom. The van der Waals surface area contributed by atoms with Gasteiger partial charge in [-0.15, -0.1) is 10.2 Å². The van der Waals surface area contributed by atoms with E-state index in [-0.39, 0.29) is 5.75 Å². The van der Waals surface area contributed by atoms with E-state index in [0.29, 0.717) is 5.52 Å². The molecule has 0 unspecified atom stereocenters. The average Bonchev–Trinajstić information content (AvgIpc) is 2.55. The molecule has 0 fully saturated rings. The van der Waals surface area contributed by atoms with Crippen molar-refractivity contribution in [3.05, 3.63) is 30.3 Å². The molecule has 2 heterocycles. The Balaban J connectivity index is 2.43. The maximum atomic E-state index is 9.94. The molecule has 16 heavy (non-hydrogen) atoms. The zero-order valence-electron chi connectivity index (χ0n) is 8.23. The smallest absolute Gasteiger partial charge is 0.164 e. The Morgan fingerprint density at radius 2 is 2.00 bits per heavy atom. The van der Waals surface area contributed by atoms with E-state index in [4.69, 9.17) is 0 Å². The van der Waals surface area contributed by atoms with Gasteiger partial charge in [0.2, 0.25) is 0 Å². The summed E-state index contributed by atoms with van der Waals surface area (Å²) < 4.78 is 0. The van der Waals surface area contributed by atoms with E-state index in [1.165, 1.54) is 0 Å². The molecule has 0 spiro atoms. The lowest BCUT2D eigenvalue weighted by Gasteiger charge is -2.00. The molecule has 0 radical (unpaired) electrons. The van der Waals surface area contributed by atoms with Crippen molar-refractivity contribution in [2.45, 2.75) is 0 Å². The molecule has 2 aromatic heterocycles. The fourth-order valence-corrected chi connectivity index (χ4v) is 2.20. The highest BCUT2D eigenvalue weighted by molar-refractivity contribution is 6.19. The third-order valence-corrected chi connectivity index (χ3v) is 2.98. The van der Waals surface area contributed by atoms with Gasteiger partial charge in [-0.25, -0.2) is 0 Å². The first-order valence-electron chi connectivity index (χ1n) is 5.03. The van der Waals surface area contributed by atoms with Crippen LogP contribution >= 0.6 is 0 Å². The molecule has 2 aromatic carbocycles. The number of aromatic amines is 1. The lowest BCUT2D eigenvalue weighted by molar-refractivity contribution is 0.481. The fourth-order valence-electron chi connectivity index (χ4n) is 2.20. The molecule has 4 heteroatoms. The summed E-state index contributed by atoms with van der Waals surface area (Å²) in [6.45, 7) is 0. The molecule has 0 aliphatic heterocycles. The number of aromatic nitrogens is 3. The molecule has 4 aromatic rings. The van der Waals surface area contributed by atoms with E-state index < -0.39 is 0 Å². The maximum Gasteiger partial charge on any atom is 0.164 e. The molecule has 2 N–H and O–H groups in total. The number of rotatable bonds is 0. The monoisotopic (exact) mass is 209 g/mol. The van der Waals surface area contributed by atoms with E-state index in [0.717, 1.165) is 27.3 Å². The van der Waals surface area contributed by atoms with Crippen LogP contribution in [0.1, 0.15) is 0 Å². The van der Waals surface area contributed by atoms with Gasteiger partial charge in [-0.1, -0.05) is 24.3 Å². The van der Waals surface area contributed by atoms with Crippen molar-refractivity contribution in [3.63, 3.8) is 0 Å². The molecule has 4 nitrogen and oxygen atoms in total. The van der Waals surface area contributed by atoms with Crippen molar-refractivity contribution in [1.82, 2.24) is 15.2 Å². The number of fused-ring (bicyclic) bond motifs is 2. The van der Waals surface area contributed by atoms with Crippen LogP contribution in [0.2, 0.25) is 0 Å². The first kappa shape index (κ1) is 7.87. The summed E-state index contributed by atoms with van der Waals surface area (Å²) in [7, 11) is 0. The van der Waals surface area contributed by atoms with Crippen molar-refractivity contribution in [3.8, 4) is 5.75 Å². The lowest BCUT2D eigenvalue weighted by Crippen LogP contribution is -1.84. The number of nitrogens with one attached hydrogen (secondary N) is 1. The fraction of sp³-hybridized carbons (Fsp3) is 0. The number of hydrogen-bond donors (Lipinski definition) is 2. The Hall–Kier alpha value is -2.36. The van der Waals surface area contributed by atoms with Crippen LogP contribution in [0.15, 0.2) is 30.3 Å². The first-order valence-corrected chi connectivity index (χ1v) is 5.03. The summed E-state index contributed by atoms with van der Waals surface area (Å²) in [4.78, 5) is 3.16. The Morgan fingerprint density at radius 1 is 1.12 bits per heavy atom. The van der Waals surface area contributed by atoms with Crippen molar-refractivity contribution < 1.29 is 5.11 Å². The number of H-pyrrole nitrogens is 1. The van der Waals surface area contributed by atoms with Crippen molar-refractivity contribution in [1.29, 1.82) is 0 Å². The molecule has 0 saturated carbocycles. The molecule has 0 bridgehead atoms. The Bertz CT molecular complexity index is 819. The van der Waals surface area contributed by atoms with Gasteiger partial charge in [-0.3, -0.25) is 0 Å². The minimum atomic E-state index is 0.178. The lowest BCUT2D eigenvalue weighted by atomic mass is 10.1. The molecule has 0 saturated heterocycles. The summed E-state index contributed by atoms with van der Waals surface area (Å²) in [5.41, 5.74) is 2.33. The van der Waals surface area contributed by atoms with E-state index in [1.807, 2.05) is 24.3 Å². The van der Waals surface area contributed by atoms with Gasteiger partial charge < -0.3 is 10.1 Å². The van der Waals surface area contributed by atoms with E-state index >= 15 is 0 Å². The maximum absolute atomic E-state index is 9.94. The van der Waals surface area contributed by atoms with E-state index in [9.17, 15) is 5.11 Å². The highest BCUT2D eigenvalue weighted by atomic mass is 16.3. The van der Waals surface area contributed by atoms with Gasteiger partial charge in [0, 0.05) is 5.39 Å². The van der Waals surface area contributed by atoms with Crippen LogP contribution in [-0.2, 0) is 0 Å². The molecular formula is C12H7N3O. The predicted molar refractivity (Wildman–Crippen MR) is 61.8 cm³/mol. The Kier molecular flexibility index (Phi) is 1.19. The standard InChI is InChI=1S/C12H7N3O/c16-8-5-6-3-1-2-4-7(6)10-9-11(8)14-15-12(9)13-10/h1-5,16H,(H,13,14,15). The summed E-state index contributed by atoms with van der Waals surface area (Å²) in [6.07, 6.45) is 0. The summed E-state index contributed by atoms with van der Waals surface area (Å²) in [5.74, 6) is 0.178. The highest BCUT2D eigenvalue weighted by Crippen LogP contribution is 2.35. The second-order valence-electron chi connectivity index (χ2n) is 3.89. The number of nitrogens with zero attached hydrogens (tertiary/aromatic N) is 2. The molecule has 0 atom stereocenters. The topological polar surface area (TPSA) is 61.8 Å². The highest BCUT2D eigenvalue weighted by Gasteiger charge is 2.16. The van der Waals surface area contributed by atoms with Gasteiger partial charge in [-0.2, -0.15) is 0 Å². The zero-order chi connectivity index (χ0) is 10.7. The van der Waals surface area contributed by atoms with Gasteiger partial charge in [0.05, 0.1) is 10.9 Å². The predicted octanol–water partition coefficient (Wildman–Crippen LogP) is 2.41. The minimum absolute atomic E-state index is 0.178. The van der Waals surface area contributed by atoms with Gasteiger partial charge in [0.25, 0.3) is 0 Å². The molecule has 0 aliphatic rings. The molecule has 0 aliphatic carbocycles. The first-order chi connectivity index (χ1) is 7.84. The number of benzene rings is 1. The van der Waals surface area contributed by atoms with Crippen molar-refractivity contribution >= 4 is 32.8 Å². The molecular weight excluding hydrogens is 202 g/mol. The Labute approximate surface area is 89.9 Å². The summed E-state index contributed by atoms with van der Waals surface area (Å²) in [6, 6.07) is 9.65. The van der Waals surface area contributed by atoms with Crippen LogP contribution < -0.4 is 0 Å². The van der Waals surface area contributed by atoms with Crippen LogP contribution in [-0.4, -0.2) is 20.3 Å². The molecule has 4 rings (SSSR count). The van der Waals surface area contributed by atoms with Gasteiger partial charge in [0.15, 0.2) is 5.65 Å². The van der Waals surface area contributed by atoms with E-state index in [2.05, 4.69) is 15.2 Å². The quantitative estimate of drug-likeness (QED) is 0.467. The third kappa shape index (κ3) is 0.760. The van der Waals surface area contributed by atoms with E-state index in [1.54, 1.807) is 6.07 Å². The number of aromatic hydroxyl groups is 1.